The summed E-state index contributed by atoms with van der Waals surface area (Å²) in [5.41, 5.74) is 0.228. The van der Waals surface area contributed by atoms with Crippen LogP contribution in [0.5, 0.6) is 0 Å². The van der Waals surface area contributed by atoms with Gasteiger partial charge in [-0.2, -0.15) is 0 Å². The SMILES string of the molecule is COC(=O)[C@H]1CN(C(=O)OCc2ccccc2)[C@@H]2CCN(C(=O)OC(C)(C)C)C12. The molecule has 29 heavy (non-hydrogen) atoms. The summed E-state index contributed by atoms with van der Waals surface area (Å²) in [5.74, 6) is -1.09. The van der Waals surface area contributed by atoms with Crippen LogP contribution in [0.3, 0.4) is 0 Å². The van der Waals surface area contributed by atoms with Gasteiger partial charge in [0.25, 0.3) is 0 Å². The number of hydrogen-bond donors (Lipinski definition) is 0. The van der Waals surface area contributed by atoms with E-state index in [1.807, 2.05) is 30.3 Å². The van der Waals surface area contributed by atoms with Crippen LogP contribution in [0.2, 0.25) is 0 Å². The van der Waals surface area contributed by atoms with Gasteiger partial charge in [0.1, 0.15) is 12.2 Å². The van der Waals surface area contributed by atoms with Crippen LogP contribution >= 0.6 is 0 Å². The summed E-state index contributed by atoms with van der Waals surface area (Å²) in [4.78, 5) is 40.9. The molecule has 1 unspecified atom stereocenters. The summed E-state index contributed by atoms with van der Waals surface area (Å²) in [5, 5.41) is 0. The number of carbonyl (C=O) groups excluding carboxylic acids is 3. The van der Waals surface area contributed by atoms with Gasteiger partial charge in [-0.1, -0.05) is 30.3 Å². The summed E-state index contributed by atoms with van der Waals surface area (Å²) < 4.78 is 15.9. The molecule has 3 atom stereocenters. The fourth-order valence-corrected chi connectivity index (χ4v) is 3.99. The van der Waals surface area contributed by atoms with Crippen LogP contribution in [-0.4, -0.2) is 65.8 Å². The molecular weight excluding hydrogens is 376 g/mol. The van der Waals surface area contributed by atoms with E-state index in [9.17, 15) is 14.4 Å². The molecule has 0 aliphatic carbocycles. The first-order valence-corrected chi connectivity index (χ1v) is 9.76. The van der Waals surface area contributed by atoms with Crippen molar-refractivity contribution < 1.29 is 28.6 Å². The highest BCUT2D eigenvalue weighted by Crippen LogP contribution is 2.37. The Kier molecular flexibility index (Phi) is 6.00. The van der Waals surface area contributed by atoms with Gasteiger partial charge >= 0.3 is 18.2 Å². The fraction of sp³-hybridized carbons (Fsp3) is 0.571. The lowest BCUT2D eigenvalue weighted by molar-refractivity contribution is -0.146. The van der Waals surface area contributed by atoms with Crippen LogP contribution in [-0.2, 0) is 25.6 Å². The number of rotatable bonds is 3. The minimum Gasteiger partial charge on any atom is -0.469 e. The molecule has 8 nitrogen and oxygen atoms in total. The van der Waals surface area contributed by atoms with Gasteiger partial charge in [-0.25, -0.2) is 9.59 Å². The van der Waals surface area contributed by atoms with Crippen molar-refractivity contribution in [2.75, 3.05) is 20.2 Å². The van der Waals surface area contributed by atoms with E-state index in [-0.39, 0.29) is 19.2 Å². The largest absolute Gasteiger partial charge is 0.469 e. The van der Waals surface area contributed by atoms with Gasteiger partial charge < -0.3 is 24.0 Å². The summed E-state index contributed by atoms with van der Waals surface area (Å²) in [6, 6.07) is 8.59. The molecule has 8 heteroatoms. The first-order valence-electron chi connectivity index (χ1n) is 9.76. The van der Waals surface area contributed by atoms with Gasteiger partial charge in [0.2, 0.25) is 0 Å². The molecule has 2 heterocycles. The van der Waals surface area contributed by atoms with E-state index in [1.165, 1.54) is 7.11 Å². The van der Waals surface area contributed by atoms with Crippen LogP contribution in [0, 0.1) is 5.92 Å². The number of esters is 1. The number of nitrogens with zero attached hydrogens (tertiary/aromatic N) is 2. The monoisotopic (exact) mass is 404 g/mol. The molecular formula is C21H28N2O6. The van der Waals surface area contributed by atoms with Crippen molar-refractivity contribution in [3.05, 3.63) is 35.9 Å². The van der Waals surface area contributed by atoms with Crippen LogP contribution in [0.1, 0.15) is 32.8 Å². The highest BCUT2D eigenvalue weighted by Gasteiger charge is 2.55. The molecule has 3 rings (SSSR count). The van der Waals surface area contributed by atoms with Gasteiger partial charge in [-0.3, -0.25) is 4.79 Å². The second-order valence-electron chi connectivity index (χ2n) is 8.34. The molecule has 0 N–H and O–H groups in total. The molecule has 158 valence electrons. The molecule has 2 amide bonds. The number of amides is 2. The Hall–Kier alpha value is -2.77. The lowest BCUT2D eigenvalue weighted by Crippen LogP contribution is -2.47. The van der Waals surface area contributed by atoms with Crippen molar-refractivity contribution in [2.24, 2.45) is 5.92 Å². The van der Waals surface area contributed by atoms with Crippen molar-refractivity contribution in [3.63, 3.8) is 0 Å². The molecule has 2 saturated heterocycles. The number of carbonyl (C=O) groups is 3. The van der Waals surface area contributed by atoms with E-state index in [0.717, 1.165) is 5.56 Å². The summed E-state index contributed by atoms with van der Waals surface area (Å²) in [6.07, 6.45) is -0.433. The highest BCUT2D eigenvalue weighted by molar-refractivity contribution is 5.79. The summed E-state index contributed by atoms with van der Waals surface area (Å²) in [7, 11) is 1.31. The second kappa shape index (κ2) is 8.31. The Bertz CT molecular complexity index is 760. The van der Waals surface area contributed by atoms with Crippen LogP contribution < -0.4 is 0 Å². The molecule has 0 spiro atoms. The standard InChI is InChI=1S/C21H28N2O6/c1-21(2,3)29-20(26)22-11-10-16-17(22)15(18(24)27-4)12-23(16)19(25)28-13-14-8-6-5-7-9-14/h5-9,15-17H,10-13H2,1-4H3/t15-,16+,17?/m0/s1. The van der Waals surface area contributed by atoms with Crippen LogP contribution in [0.15, 0.2) is 30.3 Å². The third-order valence-corrected chi connectivity index (χ3v) is 5.20. The Morgan fingerprint density at radius 3 is 2.38 bits per heavy atom. The number of fused-ring (bicyclic) bond motifs is 1. The Balaban J connectivity index is 1.73. The number of benzene rings is 1. The van der Waals surface area contributed by atoms with E-state index in [0.29, 0.717) is 13.0 Å². The van der Waals surface area contributed by atoms with E-state index in [4.69, 9.17) is 14.2 Å². The lowest BCUT2D eigenvalue weighted by Gasteiger charge is -2.30. The number of methoxy groups -OCH3 is 1. The number of hydrogen-bond acceptors (Lipinski definition) is 6. The molecule has 2 fully saturated rings. The first-order chi connectivity index (χ1) is 13.7. The quantitative estimate of drug-likeness (QED) is 0.569. The van der Waals surface area contributed by atoms with Crippen molar-refractivity contribution >= 4 is 18.2 Å². The molecule has 0 radical (unpaired) electrons. The highest BCUT2D eigenvalue weighted by atomic mass is 16.6. The zero-order valence-corrected chi connectivity index (χ0v) is 17.3. The predicted octanol–water partition coefficient (Wildman–Crippen LogP) is 2.81. The average Bonchev–Trinajstić information content (AvgIpc) is 3.25. The summed E-state index contributed by atoms with van der Waals surface area (Å²) in [6.45, 7) is 6.07. The van der Waals surface area contributed by atoms with Gasteiger partial charge in [0.05, 0.1) is 25.1 Å². The van der Waals surface area contributed by atoms with Crippen LogP contribution in [0.4, 0.5) is 9.59 Å². The normalized spacial score (nSPS) is 23.5. The molecule has 2 aliphatic heterocycles. The number of likely N-dealkylation sites (tertiary alicyclic amines) is 2. The van der Waals surface area contributed by atoms with Crippen molar-refractivity contribution in [1.29, 1.82) is 0 Å². The minimum absolute atomic E-state index is 0.145. The average molecular weight is 404 g/mol. The molecule has 0 saturated carbocycles. The fourth-order valence-electron chi connectivity index (χ4n) is 3.99. The predicted molar refractivity (Wildman–Crippen MR) is 104 cm³/mol. The second-order valence-corrected chi connectivity index (χ2v) is 8.34. The van der Waals surface area contributed by atoms with Gasteiger partial charge in [-0.05, 0) is 32.8 Å². The van der Waals surface area contributed by atoms with Crippen LogP contribution in [0.25, 0.3) is 0 Å². The Morgan fingerprint density at radius 2 is 1.76 bits per heavy atom. The van der Waals surface area contributed by atoms with Crippen molar-refractivity contribution in [3.8, 4) is 0 Å². The van der Waals surface area contributed by atoms with Gasteiger partial charge in [0.15, 0.2) is 0 Å². The summed E-state index contributed by atoms with van der Waals surface area (Å²) >= 11 is 0. The molecule has 2 aliphatic rings. The van der Waals surface area contributed by atoms with E-state index >= 15 is 0 Å². The van der Waals surface area contributed by atoms with Gasteiger partial charge in [-0.15, -0.1) is 0 Å². The van der Waals surface area contributed by atoms with E-state index in [2.05, 4.69) is 0 Å². The maximum atomic E-state index is 12.7. The maximum Gasteiger partial charge on any atom is 0.410 e. The molecule has 1 aromatic rings. The van der Waals surface area contributed by atoms with Gasteiger partial charge in [0, 0.05) is 13.1 Å². The Labute approximate surface area is 170 Å². The van der Waals surface area contributed by atoms with E-state index in [1.54, 1.807) is 30.6 Å². The van der Waals surface area contributed by atoms with Crippen molar-refractivity contribution in [2.45, 2.75) is 51.5 Å². The maximum absolute atomic E-state index is 12.7. The zero-order chi connectivity index (χ0) is 21.2. The number of ether oxygens (including phenoxy) is 3. The lowest BCUT2D eigenvalue weighted by atomic mass is 10.00. The molecule has 0 aromatic heterocycles. The molecule has 1 aromatic carbocycles. The zero-order valence-electron chi connectivity index (χ0n) is 17.3. The smallest absolute Gasteiger partial charge is 0.410 e. The third kappa shape index (κ3) is 4.63. The van der Waals surface area contributed by atoms with E-state index < -0.39 is 35.7 Å². The molecule has 0 bridgehead atoms. The first kappa shape index (κ1) is 21.0. The topological polar surface area (TPSA) is 85.4 Å². The van der Waals surface area contributed by atoms with Crippen molar-refractivity contribution in [1.82, 2.24) is 9.80 Å². The Morgan fingerprint density at radius 1 is 1.07 bits per heavy atom. The third-order valence-electron chi connectivity index (χ3n) is 5.20. The minimum atomic E-state index is -0.650.